The van der Waals surface area contributed by atoms with Crippen LogP contribution in [0.5, 0.6) is 11.5 Å². The highest BCUT2D eigenvalue weighted by Crippen LogP contribution is 2.27. The van der Waals surface area contributed by atoms with Gasteiger partial charge in [-0.15, -0.1) is 11.3 Å². The van der Waals surface area contributed by atoms with E-state index in [-0.39, 0.29) is 11.5 Å². The molecule has 2 nitrogen and oxygen atoms in total. The lowest BCUT2D eigenvalue weighted by Gasteiger charge is -1.79. The molecule has 0 aliphatic rings. The van der Waals surface area contributed by atoms with Crippen LogP contribution in [0.25, 0.3) is 0 Å². The van der Waals surface area contributed by atoms with E-state index in [0.29, 0.717) is 0 Å². The van der Waals surface area contributed by atoms with Gasteiger partial charge in [0.05, 0.1) is 0 Å². The quantitative estimate of drug-likeness (QED) is 0.726. The summed E-state index contributed by atoms with van der Waals surface area (Å²) in [6, 6.07) is 0. The normalized spacial score (nSPS) is 7.69. The van der Waals surface area contributed by atoms with Crippen molar-refractivity contribution < 1.29 is 10.2 Å². The molecule has 0 bridgehead atoms. The monoisotopic (exact) mass is 204 g/mol. The Hall–Kier alpha value is -0.700. The topological polar surface area (TPSA) is 40.5 Å². The number of aromatic hydroxyl groups is 2. The predicted octanol–water partition coefficient (Wildman–Crippen LogP) is 3.99. The molecular formula is C10H20O2S. The molecule has 0 atom stereocenters. The number of unbranched alkanes of at least 4 members (excludes halogenated alkanes) is 1. The van der Waals surface area contributed by atoms with E-state index in [0.717, 1.165) is 0 Å². The zero-order chi connectivity index (χ0) is 10.7. The van der Waals surface area contributed by atoms with E-state index < -0.39 is 0 Å². The minimum absolute atomic E-state index is 0.0370. The molecule has 0 aromatic carbocycles. The Labute approximate surface area is 84.9 Å². The first-order chi connectivity index (χ1) is 6.22. The van der Waals surface area contributed by atoms with E-state index in [4.69, 9.17) is 10.2 Å². The Morgan fingerprint density at radius 1 is 1.00 bits per heavy atom. The van der Waals surface area contributed by atoms with Gasteiger partial charge in [-0.25, -0.2) is 0 Å². The second-order valence-corrected chi connectivity index (χ2v) is 2.89. The Kier molecular flexibility index (Phi) is 12.9. The standard InChI is InChI=1S/C4H4O2S.C4H10.C2H6/c5-3-1-7-2-4(3)6;1-3-4-2;1-2/h1-2,5-6H;3-4H2,1-2H3;1-2H3. The molecule has 0 spiro atoms. The number of rotatable bonds is 1. The van der Waals surface area contributed by atoms with Crippen molar-refractivity contribution in [1.29, 1.82) is 0 Å². The molecule has 3 heteroatoms. The second-order valence-electron chi connectivity index (χ2n) is 2.14. The first-order valence-electron chi connectivity index (χ1n) is 4.66. The maximum atomic E-state index is 8.52. The maximum Gasteiger partial charge on any atom is 0.168 e. The molecule has 0 unspecified atom stereocenters. The fourth-order valence-electron chi connectivity index (χ4n) is 0.284. The van der Waals surface area contributed by atoms with Crippen molar-refractivity contribution in [3.8, 4) is 11.5 Å². The van der Waals surface area contributed by atoms with Crippen molar-refractivity contribution in [3.63, 3.8) is 0 Å². The Balaban J connectivity index is 0. The van der Waals surface area contributed by atoms with Gasteiger partial charge in [-0.1, -0.05) is 40.5 Å². The lowest BCUT2D eigenvalue weighted by atomic mass is 10.4. The molecule has 1 heterocycles. The molecule has 0 saturated heterocycles. The van der Waals surface area contributed by atoms with Crippen molar-refractivity contribution in [2.24, 2.45) is 0 Å². The average Bonchev–Trinajstić information content (AvgIpc) is 2.55. The molecule has 0 saturated carbocycles. The summed E-state index contributed by atoms with van der Waals surface area (Å²) in [5, 5.41) is 20.0. The van der Waals surface area contributed by atoms with E-state index in [1.165, 1.54) is 34.9 Å². The van der Waals surface area contributed by atoms with Gasteiger partial charge >= 0.3 is 0 Å². The van der Waals surface area contributed by atoms with Gasteiger partial charge in [-0.2, -0.15) is 0 Å². The summed E-state index contributed by atoms with van der Waals surface area (Å²) in [6.07, 6.45) is 2.64. The highest BCUT2D eigenvalue weighted by Gasteiger charge is 1.93. The molecule has 0 radical (unpaired) electrons. The molecule has 0 aliphatic heterocycles. The van der Waals surface area contributed by atoms with Crippen LogP contribution in [0.4, 0.5) is 0 Å². The SMILES string of the molecule is CC.CCCC.Oc1cscc1O. The number of hydrogen-bond acceptors (Lipinski definition) is 3. The number of thiophene rings is 1. The van der Waals surface area contributed by atoms with Gasteiger partial charge in [0, 0.05) is 10.8 Å². The zero-order valence-corrected chi connectivity index (χ0v) is 9.69. The lowest BCUT2D eigenvalue weighted by molar-refractivity contribution is 0.407. The smallest absolute Gasteiger partial charge is 0.168 e. The van der Waals surface area contributed by atoms with Crippen molar-refractivity contribution in [2.75, 3.05) is 0 Å². The Morgan fingerprint density at radius 3 is 1.38 bits per heavy atom. The van der Waals surface area contributed by atoms with E-state index in [1.807, 2.05) is 13.8 Å². The van der Waals surface area contributed by atoms with E-state index in [1.54, 1.807) is 0 Å². The highest BCUT2D eigenvalue weighted by atomic mass is 32.1. The van der Waals surface area contributed by atoms with Gasteiger partial charge < -0.3 is 10.2 Å². The van der Waals surface area contributed by atoms with Crippen LogP contribution in [0.3, 0.4) is 0 Å². The van der Waals surface area contributed by atoms with Crippen LogP contribution in [-0.4, -0.2) is 10.2 Å². The third-order valence-electron chi connectivity index (χ3n) is 1.12. The minimum Gasteiger partial charge on any atom is -0.504 e. The second kappa shape index (κ2) is 11.3. The summed E-state index contributed by atoms with van der Waals surface area (Å²) >= 11 is 1.27. The Bertz CT molecular complexity index is 166. The number of hydrogen-bond donors (Lipinski definition) is 2. The molecule has 0 fully saturated rings. The van der Waals surface area contributed by atoms with E-state index >= 15 is 0 Å². The zero-order valence-electron chi connectivity index (χ0n) is 8.87. The summed E-state index contributed by atoms with van der Waals surface area (Å²) in [4.78, 5) is 0. The molecule has 1 aromatic heterocycles. The van der Waals surface area contributed by atoms with Crippen LogP contribution in [0.1, 0.15) is 40.5 Å². The first-order valence-corrected chi connectivity index (χ1v) is 5.60. The molecule has 2 N–H and O–H groups in total. The molecule has 0 aliphatic carbocycles. The molecule has 13 heavy (non-hydrogen) atoms. The van der Waals surface area contributed by atoms with Crippen LogP contribution in [-0.2, 0) is 0 Å². The van der Waals surface area contributed by atoms with E-state index in [9.17, 15) is 0 Å². The van der Waals surface area contributed by atoms with Crippen LogP contribution < -0.4 is 0 Å². The fraction of sp³-hybridized carbons (Fsp3) is 0.600. The largest absolute Gasteiger partial charge is 0.504 e. The van der Waals surface area contributed by atoms with Gasteiger partial charge in [0.1, 0.15) is 0 Å². The molecule has 1 aromatic rings. The van der Waals surface area contributed by atoms with Crippen LogP contribution in [0, 0.1) is 0 Å². The van der Waals surface area contributed by atoms with Crippen LogP contribution in [0.2, 0.25) is 0 Å². The van der Waals surface area contributed by atoms with Crippen molar-refractivity contribution in [3.05, 3.63) is 10.8 Å². The maximum absolute atomic E-state index is 8.52. The van der Waals surface area contributed by atoms with Crippen LogP contribution in [0.15, 0.2) is 10.8 Å². The summed E-state index contributed by atoms with van der Waals surface area (Å²) in [7, 11) is 0. The summed E-state index contributed by atoms with van der Waals surface area (Å²) in [5.74, 6) is -0.0741. The summed E-state index contributed by atoms with van der Waals surface area (Å²) < 4.78 is 0. The third-order valence-corrected chi connectivity index (χ3v) is 1.84. The molecule has 0 amide bonds. The van der Waals surface area contributed by atoms with Crippen molar-refractivity contribution >= 4 is 11.3 Å². The van der Waals surface area contributed by atoms with E-state index in [2.05, 4.69) is 13.8 Å². The lowest BCUT2D eigenvalue weighted by Crippen LogP contribution is -1.50. The Morgan fingerprint density at radius 2 is 1.31 bits per heavy atom. The first kappa shape index (κ1) is 14.8. The van der Waals surface area contributed by atoms with Gasteiger partial charge in [0.2, 0.25) is 0 Å². The summed E-state index contributed by atoms with van der Waals surface area (Å²) in [6.45, 7) is 8.36. The predicted molar refractivity (Wildman–Crippen MR) is 59.6 cm³/mol. The van der Waals surface area contributed by atoms with Crippen LogP contribution >= 0.6 is 11.3 Å². The highest BCUT2D eigenvalue weighted by molar-refractivity contribution is 7.08. The van der Waals surface area contributed by atoms with Gasteiger partial charge in [0.15, 0.2) is 11.5 Å². The molecular weight excluding hydrogens is 184 g/mol. The van der Waals surface area contributed by atoms with Gasteiger partial charge in [-0.3, -0.25) is 0 Å². The van der Waals surface area contributed by atoms with Crippen molar-refractivity contribution in [2.45, 2.75) is 40.5 Å². The summed E-state index contributed by atoms with van der Waals surface area (Å²) in [5.41, 5.74) is 0. The van der Waals surface area contributed by atoms with Gasteiger partial charge in [0.25, 0.3) is 0 Å². The minimum atomic E-state index is -0.0370. The van der Waals surface area contributed by atoms with Crippen molar-refractivity contribution in [1.82, 2.24) is 0 Å². The fourth-order valence-corrected chi connectivity index (χ4v) is 0.851. The molecule has 78 valence electrons. The van der Waals surface area contributed by atoms with Gasteiger partial charge in [-0.05, 0) is 0 Å². The molecule has 1 rings (SSSR count). The third kappa shape index (κ3) is 9.21. The average molecular weight is 204 g/mol.